The third-order valence-electron chi connectivity index (χ3n) is 5.04. The number of nitrogens with zero attached hydrogens (tertiary/aromatic N) is 4. The molecule has 27 heavy (non-hydrogen) atoms. The molecule has 2 saturated carbocycles. The molecule has 4 rings (SSSR count). The number of hydrogen-bond donors (Lipinski definition) is 2. The van der Waals surface area contributed by atoms with Gasteiger partial charge in [-0.05, 0) is 56.9 Å². The lowest BCUT2D eigenvalue weighted by atomic mass is 10.1. The highest BCUT2D eigenvalue weighted by Crippen LogP contribution is 2.42. The molecule has 1 atom stereocenters. The van der Waals surface area contributed by atoms with Crippen LogP contribution in [0.5, 0.6) is 0 Å². The number of amides is 2. The van der Waals surface area contributed by atoms with E-state index in [9.17, 15) is 14.9 Å². The summed E-state index contributed by atoms with van der Waals surface area (Å²) in [6.07, 6.45) is 5.17. The van der Waals surface area contributed by atoms with E-state index in [2.05, 4.69) is 27.0 Å². The number of nitrogens with one attached hydrogen (secondary N) is 2. The number of carbonyl (C=O) groups is 2. The van der Waals surface area contributed by atoms with E-state index < -0.39 is 5.54 Å². The second-order valence-electron chi connectivity index (χ2n) is 7.27. The van der Waals surface area contributed by atoms with Gasteiger partial charge in [-0.15, -0.1) is 5.10 Å². The van der Waals surface area contributed by atoms with Gasteiger partial charge in [0, 0.05) is 17.2 Å². The monoisotopic (exact) mass is 364 g/mol. The molecule has 1 aromatic carbocycles. The van der Waals surface area contributed by atoms with Crippen molar-refractivity contribution in [3.05, 3.63) is 41.7 Å². The van der Waals surface area contributed by atoms with Gasteiger partial charge in [-0.2, -0.15) is 5.26 Å². The van der Waals surface area contributed by atoms with Crippen LogP contribution in [0, 0.1) is 17.2 Å². The summed E-state index contributed by atoms with van der Waals surface area (Å²) in [5, 5.41) is 23.1. The molecule has 2 N–H and O–H groups in total. The summed E-state index contributed by atoms with van der Waals surface area (Å²) in [6, 6.07) is 8.72. The lowest BCUT2D eigenvalue weighted by molar-refractivity contribution is -0.117. The maximum Gasteiger partial charge on any atom is 0.251 e. The van der Waals surface area contributed by atoms with E-state index >= 15 is 0 Å². The van der Waals surface area contributed by atoms with Crippen molar-refractivity contribution in [2.45, 2.75) is 44.2 Å². The fraction of sp³-hybridized carbons (Fsp3) is 0.421. The van der Waals surface area contributed by atoms with Gasteiger partial charge in [0.05, 0.1) is 18.3 Å². The Bertz CT molecular complexity index is 918. The van der Waals surface area contributed by atoms with Gasteiger partial charge in [0.25, 0.3) is 5.91 Å². The molecule has 0 saturated heterocycles. The number of hydrogen-bond acceptors (Lipinski definition) is 5. The van der Waals surface area contributed by atoms with Gasteiger partial charge in [0.15, 0.2) is 5.54 Å². The summed E-state index contributed by atoms with van der Waals surface area (Å²) in [4.78, 5) is 24.2. The number of aromatic nitrogens is 3. The van der Waals surface area contributed by atoms with Crippen LogP contribution in [0.1, 0.15) is 54.7 Å². The first-order valence-electron chi connectivity index (χ1n) is 9.06. The lowest BCUT2D eigenvalue weighted by Gasteiger charge is -2.12. The van der Waals surface area contributed by atoms with E-state index in [1.807, 2.05) is 6.92 Å². The lowest BCUT2D eigenvalue weighted by Crippen LogP contribution is -2.27. The van der Waals surface area contributed by atoms with Crippen LogP contribution in [0.25, 0.3) is 0 Å². The van der Waals surface area contributed by atoms with Crippen LogP contribution in [0.4, 0.5) is 5.69 Å². The van der Waals surface area contributed by atoms with Crippen molar-refractivity contribution < 1.29 is 9.59 Å². The van der Waals surface area contributed by atoms with Gasteiger partial charge in [-0.1, -0.05) is 5.21 Å². The van der Waals surface area contributed by atoms with E-state index in [1.54, 1.807) is 35.1 Å². The summed E-state index contributed by atoms with van der Waals surface area (Å²) >= 11 is 0. The summed E-state index contributed by atoms with van der Waals surface area (Å²) in [5.41, 5.74) is 1.23. The molecule has 1 heterocycles. The Morgan fingerprint density at radius 3 is 2.59 bits per heavy atom. The van der Waals surface area contributed by atoms with Gasteiger partial charge < -0.3 is 10.6 Å². The molecule has 8 heteroatoms. The summed E-state index contributed by atoms with van der Waals surface area (Å²) < 4.78 is 1.59. The third kappa shape index (κ3) is 3.53. The van der Waals surface area contributed by atoms with Crippen molar-refractivity contribution >= 4 is 17.5 Å². The van der Waals surface area contributed by atoms with E-state index in [0.717, 1.165) is 25.7 Å². The fourth-order valence-corrected chi connectivity index (χ4v) is 2.84. The molecule has 0 aliphatic heterocycles. The van der Waals surface area contributed by atoms with Crippen molar-refractivity contribution in [2.75, 3.05) is 5.32 Å². The summed E-state index contributed by atoms with van der Waals surface area (Å²) in [5.74, 6) is -0.0636. The molecule has 2 amide bonds. The van der Waals surface area contributed by atoms with Crippen LogP contribution in [-0.4, -0.2) is 26.8 Å². The van der Waals surface area contributed by atoms with Crippen LogP contribution in [0.3, 0.4) is 0 Å². The molecular weight excluding hydrogens is 344 g/mol. The second kappa shape index (κ2) is 6.50. The van der Waals surface area contributed by atoms with E-state index in [-0.39, 0.29) is 23.8 Å². The van der Waals surface area contributed by atoms with Gasteiger partial charge >= 0.3 is 0 Å². The Labute approximate surface area is 156 Å². The molecule has 0 spiro atoms. The Balaban J connectivity index is 1.37. The molecule has 1 aromatic heterocycles. The van der Waals surface area contributed by atoms with Gasteiger partial charge in [0.2, 0.25) is 5.91 Å². The maximum atomic E-state index is 12.4. The molecule has 8 nitrogen and oxygen atoms in total. The average Bonchev–Trinajstić information content (AvgIpc) is 3.60. The minimum absolute atomic E-state index is 0.0368. The SMILES string of the molecule is C[C@H](NC(=O)c1ccc(NC(=O)C2CC2)cc1)c1cn(C2(C#N)CC2)nn1. The van der Waals surface area contributed by atoms with E-state index in [1.165, 1.54) is 0 Å². The van der Waals surface area contributed by atoms with Crippen LogP contribution in [0.15, 0.2) is 30.5 Å². The largest absolute Gasteiger partial charge is 0.344 e. The maximum absolute atomic E-state index is 12.4. The highest BCUT2D eigenvalue weighted by molar-refractivity contribution is 5.96. The highest BCUT2D eigenvalue weighted by Gasteiger charge is 2.46. The minimum atomic E-state index is -0.560. The predicted octanol–water partition coefficient (Wildman–Crippen LogP) is 2.13. The van der Waals surface area contributed by atoms with Gasteiger partial charge in [-0.3, -0.25) is 9.59 Å². The molecule has 0 radical (unpaired) electrons. The Morgan fingerprint density at radius 1 is 1.30 bits per heavy atom. The molecule has 2 fully saturated rings. The normalized spacial score (nSPS) is 18.2. The molecule has 0 unspecified atom stereocenters. The van der Waals surface area contributed by atoms with Crippen LogP contribution >= 0.6 is 0 Å². The quantitative estimate of drug-likeness (QED) is 0.815. The number of nitriles is 1. The van der Waals surface area contributed by atoms with Gasteiger partial charge in [0.1, 0.15) is 5.69 Å². The predicted molar refractivity (Wildman–Crippen MR) is 96.5 cm³/mol. The van der Waals surface area contributed by atoms with Crippen molar-refractivity contribution in [3.63, 3.8) is 0 Å². The number of benzene rings is 1. The third-order valence-corrected chi connectivity index (χ3v) is 5.04. The molecule has 0 bridgehead atoms. The van der Waals surface area contributed by atoms with Crippen molar-refractivity contribution in [2.24, 2.45) is 5.92 Å². The first-order chi connectivity index (χ1) is 13.0. The van der Waals surface area contributed by atoms with Crippen molar-refractivity contribution in [3.8, 4) is 6.07 Å². The zero-order chi connectivity index (χ0) is 19.0. The zero-order valence-electron chi connectivity index (χ0n) is 15.0. The molecule has 138 valence electrons. The topological polar surface area (TPSA) is 113 Å². The van der Waals surface area contributed by atoms with Crippen LogP contribution in [-0.2, 0) is 10.3 Å². The molecule has 2 aliphatic carbocycles. The Kier molecular flexibility index (Phi) is 4.15. The molecular formula is C19H20N6O2. The zero-order valence-corrected chi connectivity index (χ0v) is 15.0. The number of rotatable bonds is 6. The average molecular weight is 364 g/mol. The van der Waals surface area contributed by atoms with Crippen molar-refractivity contribution in [1.82, 2.24) is 20.3 Å². The first-order valence-corrected chi connectivity index (χ1v) is 9.06. The van der Waals surface area contributed by atoms with E-state index in [4.69, 9.17) is 0 Å². The van der Waals surface area contributed by atoms with Crippen LogP contribution in [0.2, 0.25) is 0 Å². The van der Waals surface area contributed by atoms with E-state index in [0.29, 0.717) is 16.9 Å². The number of carbonyl (C=O) groups excluding carboxylic acids is 2. The Morgan fingerprint density at radius 2 is 2.00 bits per heavy atom. The van der Waals surface area contributed by atoms with Gasteiger partial charge in [-0.25, -0.2) is 4.68 Å². The van der Waals surface area contributed by atoms with Crippen LogP contribution < -0.4 is 10.6 Å². The fourth-order valence-electron chi connectivity index (χ4n) is 2.84. The smallest absolute Gasteiger partial charge is 0.251 e. The standard InChI is InChI=1S/C19H20N6O2/c1-12(16-10-25(24-23-16)19(11-20)8-9-19)21-17(26)14-4-6-15(7-5-14)22-18(27)13-2-3-13/h4-7,10,12-13H,2-3,8-9H2,1H3,(H,21,26)(H,22,27)/t12-/m0/s1. The summed E-state index contributed by atoms with van der Waals surface area (Å²) in [7, 11) is 0. The number of anilines is 1. The highest BCUT2D eigenvalue weighted by atomic mass is 16.2. The second-order valence-corrected chi connectivity index (χ2v) is 7.27. The molecule has 2 aliphatic rings. The Hall–Kier alpha value is -3.21. The summed E-state index contributed by atoms with van der Waals surface area (Å²) in [6.45, 7) is 1.82. The minimum Gasteiger partial charge on any atom is -0.344 e. The first kappa shape index (κ1) is 17.2. The molecule has 2 aromatic rings. The van der Waals surface area contributed by atoms with Crippen molar-refractivity contribution in [1.29, 1.82) is 5.26 Å².